The summed E-state index contributed by atoms with van der Waals surface area (Å²) < 4.78 is 0. The zero-order valence-electron chi connectivity index (χ0n) is 9.85. The standard InChI is InChI=1S/C13H24/c1-10(2)7-12(5)9-13(6)8-11(3)4/h9-11H,5,7-8H2,1-4,6H3. The molecule has 0 radical (unpaired) electrons. The Morgan fingerprint density at radius 1 is 1.08 bits per heavy atom. The van der Waals surface area contributed by atoms with Crippen LogP contribution < -0.4 is 0 Å². The first-order valence-electron chi connectivity index (χ1n) is 5.26. The lowest BCUT2D eigenvalue weighted by Gasteiger charge is -2.08. The van der Waals surface area contributed by atoms with Gasteiger partial charge in [0.2, 0.25) is 0 Å². The molecule has 0 saturated carbocycles. The molecule has 0 aromatic heterocycles. The molecule has 0 bridgehead atoms. The maximum absolute atomic E-state index is 4.07. The van der Waals surface area contributed by atoms with Crippen molar-refractivity contribution >= 4 is 0 Å². The Balaban J connectivity index is 3.99. The van der Waals surface area contributed by atoms with Crippen LogP contribution in [-0.2, 0) is 0 Å². The highest BCUT2D eigenvalue weighted by Crippen LogP contribution is 2.15. The van der Waals surface area contributed by atoms with Crippen LogP contribution in [-0.4, -0.2) is 0 Å². The van der Waals surface area contributed by atoms with E-state index in [2.05, 4.69) is 47.3 Å². The fraction of sp³-hybridized carbons (Fsp3) is 0.692. The molecule has 0 spiro atoms. The van der Waals surface area contributed by atoms with E-state index in [9.17, 15) is 0 Å². The maximum Gasteiger partial charge on any atom is -0.0262 e. The Morgan fingerprint density at radius 2 is 1.54 bits per heavy atom. The van der Waals surface area contributed by atoms with Gasteiger partial charge in [0.15, 0.2) is 0 Å². The lowest BCUT2D eigenvalue weighted by atomic mass is 9.99. The molecule has 0 heteroatoms. The zero-order chi connectivity index (χ0) is 10.4. The molecule has 0 rings (SSSR count). The Bertz CT molecular complexity index is 182. The molecular weight excluding hydrogens is 156 g/mol. The van der Waals surface area contributed by atoms with Gasteiger partial charge in [-0.3, -0.25) is 0 Å². The van der Waals surface area contributed by atoms with Crippen molar-refractivity contribution in [3.8, 4) is 0 Å². The lowest BCUT2D eigenvalue weighted by Crippen LogP contribution is -1.91. The highest BCUT2D eigenvalue weighted by Gasteiger charge is 1.99. The van der Waals surface area contributed by atoms with Gasteiger partial charge in [0.25, 0.3) is 0 Å². The summed E-state index contributed by atoms with van der Waals surface area (Å²) in [5.41, 5.74) is 2.73. The van der Waals surface area contributed by atoms with Crippen LogP contribution in [0.15, 0.2) is 23.8 Å². The smallest absolute Gasteiger partial charge is 0.0262 e. The molecule has 0 nitrogen and oxygen atoms in total. The average Bonchev–Trinajstić information content (AvgIpc) is 1.80. The Kier molecular flexibility index (Phi) is 5.77. The van der Waals surface area contributed by atoms with E-state index in [0.29, 0.717) is 0 Å². The Morgan fingerprint density at radius 3 is 1.92 bits per heavy atom. The first kappa shape index (κ1) is 12.5. The van der Waals surface area contributed by atoms with Crippen LogP contribution >= 0.6 is 0 Å². The quantitative estimate of drug-likeness (QED) is 0.543. The molecule has 0 aromatic carbocycles. The van der Waals surface area contributed by atoms with Crippen molar-refractivity contribution in [2.75, 3.05) is 0 Å². The normalized spacial score (nSPS) is 12.7. The van der Waals surface area contributed by atoms with Crippen LogP contribution in [0.25, 0.3) is 0 Å². The summed E-state index contributed by atoms with van der Waals surface area (Å²) in [6, 6.07) is 0. The summed E-state index contributed by atoms with van der Waals surface area (Å²) in [5, 5.41) is 0. The van der Waals surface area contributed by atoms with E-state index in [-0.39, 0.29) is 0 Å². The predicted molar refractivity (Wildman–Crippen MR) is 61.8 cm³/mol. The number of allylic oxidation sites excluding steroid dienone is 3. The molecule has 0 unspecified atom stereocenters. The molecule has 13 heavy (non-hydrogen) atoms. The van der Waals surface area contributed by atoms with E-state index in [1.54, 1.807) is 0 Å². The van der Waals surface area contributed by atoms with Crippen LogP contribution in [0.4, 0.5) is 0 Å². The van der Waals surface area contributed by atoms with Crippen LogP contribution in [0.3, 0.4) is 0 Å². The number of hydrogen-bond donors (Lipinski definition) is 0. The monoisotopic (exact) mass is 180 g/mol. The van der Waals surface area contributed by atoms with Crippen LogP contribution in [0, 0.1) is 11.8 Å². The second-order valence-corrected chi connectivity index (χ2v) is 4.84. The molecule has 76 valence electrons. The Labute approximate surface area is 83.7 Å². The fourth-order valence-corrected chi connectivity index (χ4v) is 1.63. The van der Waals surface area contributed by atoms with Gasteiger partial charge in [0.05, 0.1) is 0 Å². The minimum absolute atomic E-state index is 0.718. The second-order valence-electron chi connectivity index (χ2n) is 4.84. The van der Waals surface area contributed by atoms with Gasteiger partial charge in [-0.1, -0.05) is 51.5 Å². The average molecular weight is 180 g/mol. The number of rotatable bonds is 5. The summed E-state index contributed by atoms with van der Waals surface area (Å²) >= 11 is 0. The van der Waals surface area contributed by atoms with Gasteiger partial charge in [0, 0.05) is 0 Å². The largest absolute Gasteiger partial charge is 0.0958 e. The number of hydrogen-bond acceptors (Lipinski definition) is 0. The van der Waals surface area contributed by atoms with Gasteiger partial charge in [-0.05, 0) is 31.6 Å². The van der Waals surface area contributed by atoms with E-state index in [0.717, 1.165) is 18.3 Å². The molecule has 0 amide bonds. The van der Waals surface area contributed by atoms with Gasteiger partial charge >= 0.3 is 0 Å². The lowest BCUT2D eigenvalue weighted by molar-refractivity contribution is 0.635. The minimum atomic E-state index is 0.718. The van der Waals surface area contributed by atoms with Gasteiger partial charge < -0.3 is 0 Å². The Hall–Kier alpha value is -0.520. The fourth-order valence-electron chi connectivity index (χ4n) is 1.63. The summed E-state index contributed by atoms with van der Waals surface area (Å²) in [6.45, 7) is 15.2. The van der Waals surface area contributed by atoms with E-state index in [1.807, 2.05) is 0 Å². The SMILES string of the molecule is C=C(C=C(C)CC(C)C)CC(C)C. The molecular formula is C13H24. The molecule has 0 fully saturated rings. The van der Waals surface area contributed by atoms with E-state index in [1.165, 1.54) is 17.6 Å². The van der Waals surface area contributed by atoms with Gasteiger partial charge in [-0.2, -0.15) is 0 Å². The van der Waals surface area contributed by atoms with Crippen molar-refractivity contribution in [2.24, 2.45) is 11.8 Å². The van der Waals surface area contributed by atoms with Gasteiger partial charge in [-0.15, -0.1) is 0 Å². The van der Waals surface area contributed by atoms with Crippen LogP contribution in [0.1, 0.15) is 47.5 Å². The molecule has 0 saturated heterocycles. The third-order valence-electron chi connectivity index (χ3n) is 1.85. The van der Waals surface area contributed by atoms with E-state index < -0.39 is 0 Å². The second kappa shape index (κ2) is 6.01. The first-order valence-corrected chi connectivity index (χ1v) is 5.26. The molecule has 0 N–H and O–H groups in total. The third-order valence-corrected chi connectivity index (χ3v) is 1.85. The molecule has 0 heterocycles. The third kappa shape index (κ3) is 7.83. The summed E-state index contributed by atoms with van der Waals surface area (Å²) in [5.74, 6) is 1.47. The van der Waals surface area contributed by atoms with Gasteiger partial charge in [-0.25, -0.2) is 0 Å². The molecule has 0 aliphatic carbocycles. The molecule has 0 atom stereocenters. The van der Waals surface area contributed by atoms with E-state index >= 15 is 0 Å². The topological polar surface area (TPSA) is 0 Å². The van der Waals surface area contributed by atoms with Crippen molar-refractivity contribution in [1.82, 2.24) is 0 Å². The van der Waals surface area contributed by atoms with E-state index in [4.69, 9.17) is 0 Å². The molecule has 0 aliphatic rings. The maximum atomic E-state index is 4.07. The zero-order valence-corrected chi connectivity index (χ0v) is 9.85. The molecule has 0 aliphatic heterocycles. The summed E-state index contributed by atoms with van der Waals surface area (Å²) in [6.07, 6.45) is 4.56. The van der Waals surface area contributed by atoms with Gasteiger partial charge in [0.1, 0.15) is 0 Å². The summed E-state index contributed by atoms with van der Waals surface area (Å²) in [7, 11) is 0. The highest BCUT2D eigenvalue weighted by molar-refractivity contribution is 5.19. The van der Waals surface area contributed by atoms with Crippen molar-refractivity contribution < 1.29 is 0 Å². The van der Waals surface area contributed by atoms with Crippen molar-refractivity contribution in [3.05, 3.63) is 23.8 Å². The first-order chi connectivity index (χ1) is 5.91. The van der Waals surface area contributed by atoms with Crippen LogP contribution in [0.2, 0.25) is 0 Å². The van der Waals surface area contributed by atoms with Crippen molar-refractivity contribution in [1.29, 1.82) is 0 Å². The minimum Gasteiger partial charge on any atom is -0.0958 e. The van der Waals surface area contributed by atoms with Crippen LogP contribution in [0.5, 0.6) is 0 Å². The highest BCUT2D eigenvalue weighted by atomic mass is 14.0. The summed E-state index contributed by atoms with van der Waals surface area (Å²) in [4.78, 5) is 0. The molecule has 0 aromatic rings. The van der Waals surface area contributed by atoms with Crippen molar-refractivity contribution in [3.63, 3.8) is 0 Å². The predicted octanol–water partition coefficient (Wildman–Crippen LogP) is 4.58. The van der Waals surface area contributed by atoms with Crippen molar-refractivity contribution in [2.45, 2.75) is 47.5 Å².